The highest BCUT2D eigenvalue weighted by Crippen LogP contribution is 2.09. The third-order valence-corrected chi connectivity index (χ3v) is 3.64. The second kappa shape index (κ2) is 8.00. The zero-order valence-corrected chi connectivity index (χ0v) is 13.3. The number of rotatable bonds is 3. The number of piperazine rings is 1. The fraction of sp³-hybridized carbons (Fsp3) is 0.467. The standard InChI is InChI=1S/C15H21N3O2.ClH/c1-11-3-4-13(9-12(11)2)15(20)17-10-14(19)18-7-5-16-6-8-18;/h3-4,9,16H,5-8,10H2,1-2H3,(H,17,20);1H. The summed E-state index contributed by atoms with van der Waals surface area (Å²) in [6, 6.07) is 5.55. The molecule has 1 aliphatic rings. The Hall–Kier alpha value is -1.59. The first-order valence-corrected chi connectivity index (χ1v) is 6.92. The molecule has 0 unspecified atom stereocenters. The van der Waals surface area contributed by atoms with E-state index in [1.165, 1.54) is 0 Å². The monoisotopic (exact) mass is 311 g/mol. The van der Waals surface area contributed by atoms with Crippen LogP contribution in [0.25, 0.3) is 0 Å². The Balaban J connectivity index is 0.00000220. The van der Waals surface area contributed by atoms with E-state index in [4.69, 9.17) is 0 Å². The van der Waals surface area contributed by atoms with Crippen molar-refractivity contribution >= 4 is 24.2 Å². The largest absolute Gasteiger partial charge is 0.343 e. The van der Waals surface area contributed by atoms with Crippen molar-refractivity contribution < 1.29 is 9.59 Å². The number of carbonyl (C=O) groups excluding carboxylic acids is 2. The van der Waals surface area contributed by atoms with Crippen molar-refractivity contribution in [2.75, 3.05) is 32.7 Å². The molecule has 21 heavy (non-hydrogen) atoms. The Labute approximate surface area is 131 Å². The van der Waals surface area contributed by atoms with E-state index in [9.17, 15) is 9.59 Å². The first-order chi connectivity index (χ1) is 9.58. The first-order valence-electron chi connectivity index (χ1n) is 6.92. The predicted molar refractivity (Wildman–Crippen MR) is 84.9 cm³/mol. The van der Waals surface area contributed by atoms with Crippen molar-refractivity contribution in [2.24, 2.45) is 0 Å². The maximum absolute atomic E-state index is 12.0. The molecular formula is C15H22ClN3O2. The lowest BCUT2D eigenvalue weighted by Gasteiger charge is -2.27. The molecule has 6 heteroatoms. The normalized spacial score (nSPS) is 14.3. The van der Waals surface area contributed by atoms with Crippen LogP contribution in [0.5, 0.6) is 0 Å². The van der Waals surface area contributed by atoms with Crippen LogP contribution >= 0.6 is 12.4 Å². The van der Waals surface area contributed by atoms with E-state index >= 15 is 0 Å². The molecule has 0 saturated carbocycles. The molecular weight excluding hydrogens is 290 g/mol. The van der Waals surface area contributed by atoms with Gasteiger partial charge in [0.05, 0.1) is 6.54 Å². The van der Waals surface area contributed by atoms with Crippen molar-refractivity contribution in [2.45, 2.75) is 13.8 Å². The van der Waals surface area contributed by atoms with E-state index in [0.717, 1.165) is 24.2 Å². The molecule has 0 radical (unpaired) electrons. The Kier molecular flexibility index (Phi) is 6.65. The molecule has 2 N–H and O–H groups in total. The van der Waals surface area contributed by atoms with E-state index in [-0.39, 0.29) is 30.8 Å². The van der Waals surface area contributed by atoms with Crippen LogP contribution < -0.4 is 10.6 Å². The van der Waals surface area contributed by atoms with Crippen LogP contribution in [0.4, 0.5) is 0 Å². The SMILES string of the molecule is Cc1ccc(C(=O)NCC(=O)N2CCNCC2)cc1C.Cl. The molecule has 1 aliphatic heterocycles. The van der Waals surface area contributed by atoms with Crippen LogP contribution in [0.2, 0.25) is 0 Å². The smallest absolute Gasteiger partial charge is 0.251 e. The summed E-state index contributed by atoms with van der Waals surface area (Å²) in [5, 5.41) is 5.88. The molecule has 0 aliphatic carbocycles. The van der Waals surface area contributed by atoms with Gasteiger partial charge in [-0.2, -0.15) is 0 Å². The van der Waals surface area contributed by atoms with Crippen LogP contribution in [-0.2, 0) is 4.79 Å². The second-order valence-corrected chi connectivity index (χ2v) is 5.11. The highest BCUT2D eigenvalue weighted by Gasteiger charge is 2.17. The Morgan fingerprint density at radius 3 is 2.48 bits per heavy atom. The number of hydrogen-bond acceptors (Lipinski definition) is 3. The third-order valence-electron chi connectivity index (χ3n) is 3.64. The molecule has 1 heterocycles. The topological polar surface area (TPSA) is 61.4 Å². The number of hydrogen-bond donors (Lipinski definition) is 2. The highest BCUT2D eigenvalue weighted by atomic mass is 35.5. The molecule has 5 nitrogen and oxygen atoms in total. The zero-order chi connectivity index (χ0) is 14.5. The summed E-state index contributed by atoms with van der Waals surface area (Å²) in [5.74, 6) is -0.222. The minimum Gasteiger partial charge on any atom is -0.343 e. The lowest BCUT2D eigenvalue weighted by Crippen LogP contribution is -2.49. The lowest BCUT2D eigenvalue weighted by molar-refractivity contribution is -0.130. The fourth-order valence-corrected chi connectivity index (χ4v) is 2.17. The average Bonchev–Trinajstić information content (AvgIpc) is 2.48. The van der Waals surface area contributed by atoms with E-state index in [0.29, 0.717) is 18.7 Å². The summed E-state index contributed by atoms with van der Waals surface area (Å²) in [7, 11) is 0. The minimum absolute atomic E-state index is 0. The number of carbonyl (C=O) groups is 2. The number of halogens is 1. The van der Waals surface area contributed by atoms with E-state index in [1.807, 2.05) is 26.0 Å². The van der Waals surface area contributed by atoms with Crippen molar-refractivity contribution in [3.63, 3.8) is 0 Å². The maximum atomic E-state index is 12.0. The van der Waals surface area contributed by atoms with Gasteiger partial charge in [0, 0.05) is 31.7 Å². The lowest BCUT2D eigenvalue weighted by atomic mass is 10.1. The van der Waals surface area contributed by atoms with Crippen LogP contribution in [-0.4, -0.2) is 49.4 Å². The fourth-order valence-electron chi connectivity index (χ4n) is 2.17. The predicted octanol–water partition coefficient (Wildman–Crippen LogP) is 0.887. The number of amides is 2. The van der Waals surface area contributed by atoms with Gasteiger partial charge in [-0.05, 0) is 37.1 Å². The van der Waals surface area contributed by atoms with Crippen molar-refractivity contribution in [1.82, 2.24) is 15.5 Å². The molecule has 0 bridgehead atoms. The van der Waals surface area contributed by atoms with Gasteiger partial charge in [-0.1, -0.05) is 6.07 Å². The van der Waals surface area contributed by atoms with Gasteiger partial charge in [-0.3, -0.25) is 9.59 Å². The van der Waals surface area contributed by atoms with E-state index < -0.39 is 0 Å². The van der Waals surface area contributed by atoms with Crippen LogP contribution in [0, 0.1) is 13.8 Å². The van der Waals surface area contributed by atoms with Crippen LogP contribution in [0.3, 0.4) is 0 Å². The van der Waals surface area contributed by atoms with Gasteiger partial charge >= 0.3 is 0 Å². The van der Waals surface area contributed by atoms with Crippen LogP contribution in [0.1, 0.15) is 21.5 Å². The minimum atomic E-state index is -0.198. The van der Waals surface area contributed by atoms with Gasteiger partial charge in [0.1, 0.15) is 0 Å². The summed E-state index contributed by atoms with van der Waals surface area (Å²) in [5.41, 5.74) is 2.82. The van der Waals surface area contributed by atoms with Gasteiger partial charge in [0.2, 0.25) is 5.91 Å². The van der Waals surface area contributed by atoms with Crippen molar-refractivity contribution in [3.05, 3.63) is 34.9 Å². The molecule has 2 rings (SSSR count). The molecule has 0 atom stereocenters. The van der Waals surface area contributed by atoms with Crippen LogP contribution in [0.15, 0.2) is 18.2 Å². The van der Waals surface area contributed by atoms with Gasteiger partial charge < -0.3 is 15.5 Å². The number of nitrogens with one attached hydrogen (secondary N) is 2. The molecule has 1 saturated heterocycles. The number of aryl methyl sites for hydroxylation is 2. The van der Waals surface area contributed by atoms with Gasteiger partial charge in [0.15, 0.2) is 0 Å². The Morgan fingerprint density at radius 2 is 1.86 bits per heavy atom. The molecule has 0 aromatic heterocycles. The average molecular weight is 312 g/mol. The molecule has 116 valence electrons. The third kappa shape index (κ3) is 4.72. The first kappa shape index (κ1) is 17.5. The molecule has 1 aromatic rings. The summed E-state index contributed by atoms with van der Waals surface area (Å²) >= 11 is 0. The summed E-state index contributed by atoms with van der Waals surface area (Å²) < 4.78 is 0. The molecule has 1 aromatic carbocycles. The zero-order valence-electron chi connectivity index (χ0n) is 12.4. The van der Waals surface area contributed by atoms with Crippen molar-refractivity contribution in [3.8, 4) is 0 Å². The highest BCUT2D eigenvalue weighted by molar-refractivity contribution is 5.96. The maximum Gasteiger partial charge on any atom is 0.251 e. The molecule has 0 spiro atoms. The molecule has 1 fully saturated rings. The second-order valence-electron chi connectivity index (χ2n) is 5.11. The van der Waals surface area contributed by atoms with E-state index in [2.05, 4.69) is 10.6 Å². The van der Waals surface area contributed by atoms with E-state index in [1.54, 1.807) is 11.0 Å². The summed E-state index contributed by atoms with van der Waals surface area (Å²) in [6.07, 6.45) is 0. The summed E-state index contributed by atoms with van der Waals surface area (Å²) in [4.78, 5) is 25.7. The van der Waals surface area contributed by atoms with Gasteiger partial charge in [-0.25, -0.2) is 0 Å². The quantitative estimate of drug-likeness (QED) is 0.871. The number of benzene rings is 1. The van der Waals surface area contributed by atoms with Gasteiger partial charge in [0.25, 0.3) is 5.91 Å². The Morgan fingerprint density at radius 1 is 1.19 bits per heavy atom. The Bertz CT molecular complexity index is 514. The van der Waals surface area contributed by atoms with Gasteiger partial charge in [-0.15, -0.1) is 12.4 Å². The molecule has 2 amide bonds. The summed E-state index contributed by atoms with van der Waals surface area (Å²) in [6.45, 7) is 7.08. The van der Waals surface area contributed by atoms with Crippen molar-refractivity contribution in [1.29, 1.82) is 0 Å². The number of nitrogens with zero attached hydrogens (tertiary/aromatic N) is 1.